The van der Waals surface area contributed by atoms with Crippen LogP contribution in [-0.4, -0.2) is 25.5 Å². The molecule has 0 spiro atoms. The SMILES string of the molecule is CCNC(=NCc1cccc(NC(=O)C2CCC2)c1)NCc1ccccc1OC.I. The molecule has 1 amide bonds. The zero-order valence-electron chi connectivity index (χ0n) is 17.6. The lowest BCUT2D eigenvalue weighted by atomic mass is 9.85. The lowest BCUT2D eigenvalue weighted by Gasteiger charge is -2.24. The maximum atomic E-state index is 12.2. The Morgan fingerprint density at radius 1 is 1.13 bits per heavy atom. The molecular weight excluding hydrogens is 491 g/mol. The van der Waals surface area contributed by atoms with Gasteiger partial charge >= 0.3 is 0 Å². The minimum atomic E-state index is 0. The summed E-state index contributed by atoms with van der Waals surface area (Å²) in [5.41, 5.74) is 2.95. The Balaban J connectivity index is 0.00000320. The van der Waals surface area contributed by atoms with E-state index >= 15 is 0 Å². The van der Waals surface area contributed by atoms with Gasteiger partial charge in [0, 0.05) is 30.3 Å². The Labute approximate surface area is 195 Å². The number of nitrogens with one attached hydrogen (secondary N) is 3. The van der Waals surface area contributed by atoms with Gasteiger partial charge in [-0.1, -0.05) is 36.8 Å². The Hall–Kier alpha value is -2.29. The molecule has 6 nitrogen and oxygen atoms in total. The fourth-order valence-corrected chi connectivity index (χ4v) is 3.20. The summed E-state index contributed by atoms with van der Waals surface area (Å²) in [6.07, 6.45) is 3.15. The molecule has 0 aromatic heterocycles. The van der Waals surface area contributed by atoms with Crippen molar-refractivity contribution in [3.8, 4) is 5.75 Å². The van der Waals surface area contributed by atoms with E-state index in [1.165, 1.54) is 0 Å². The average molecular weight is 522 g/mol. The van der Waals surface area contributed by atoms with Gasteiger partial charge < -0.3 is 20.7 Å². The molecule has 1 saturated carbocycles. The van der Waals surface area contributed by atoms with Gasteiger partial charge in [0.15, 0.2) is 5.96 Å². The molecule has 30 heavy (non-hydrogen) atoms. The smallest absolute Gasteiger partial charge is 0.227 e. The quantitative estimate of drug-likeness (QED) is 0.275. The molecule has 0 saturated heterocycles. The second-order valence-corrected chi connectivity index (χ2v) is 7.18. The predicted octanol–water partition coefficient (Wildman–Crippen LogP) is 4.31. The molecule has 162 valence electrons. The summed E-state index contributed by atoms with van der Waals surface area (Å²) in [7, 11) is 1.68. The number of nitrogens with zero attached hydrogens (tertiary/aromatic N) is 1. The molecule has 3 N–H and O–H groups in total. The zero-order valence-corrected chi connectivity index (χ0v) is 19.9. The monoisotopic (exact) mass is 522 g/mol. The van der Waals surface area contributed by atoms with Crippen LogP contribution in [0.1, 0.15) is 37.3 Å². The highest BCUT2D eigenvalue weighted by atomic mass is 127. The molecular formula is C23H31IN4O2. The van der Waals surface area contributed by atoms with Crippen LogP contribution in [0.4, 0.5) is 5.69 Å². The number of benzene rings is 2. The van der Waals surface area contributed by atoms with Gasteiger partial charge in [-0.25, -0.2) is 4.99 Å². The van der Waals surface area contributed by atoms with E-state index in [0.29, 0.717) is 13.1 Å². The van der Waals surface area contributed by atoms with E-state index in [1.54, 1.807) is 7.11 Å². The van der Waals surface area contributed by atoms with Crippen molar-refractivity contribution in [2.75, 3.05) is 19.0 Å². The molecule has 0 bridgehead atoms. The highest BCUT2D eigenvalue weighted by Gasteiger charge is 2.25. The van der Waals surface area contributed by atoms with Crippen LogP contribution in [0.25, 0.3) is 0 Å². The molecule has 0 unspecified atom stereocenters. The van der Waals surface area contributed by atoms with Crippen LogP contribution in [-0.2, 0) is 17.9 Å². The van der Waals surface area contributed by atoms with E-state index in [4.69, 9.17) is 4.74 Å². The first-order chi connectivity index (χ1) is 14.2. The molecule has 2 aromatic rings. The van der Waals surface area contributed by atoms with Crippen LogP contribution >= 0.6 is 24.0 Å². The summed E-state index contributed by atoms with van der Waals surface area (Å²) in [4.78, 5) is 16.8. The highest BCUT2D eigenvalue weighted by Crippen LogP contribution is 2.27. The minimum Gasteiger partial charge on any atom is -0.496 e. The number of anilines is 1. The van der Waals surface area contributed by atoms with Gasteiger partial charge in [-0.3, -0.25) is 4.79 Å². The predicted molar refractivity (Wildman–Crippen MR) is 132 cm³/mol. The molecule has 3 rings (SSSR count). The lowest BCUT2D eigenvalue weighted by Crippen LogP contribution is -2.36. The summed E-state index contributed by atoms with van der Waals surface area (Å²) in [6, 6.07) is 15.8. The van der Waals surface area contributed by atoms with Crippen molar-refractivity contribution in [3.63, 3.8) is 0 Å². The first kappa shape index (κ1) is 24.0. The van der Waals surface area contributed by atoms with Crippen LogP contribution in [0.3, 0.4) is 0 Å². The lowest BCUT2D eigenvalue weighted by molar-refractivity contribution is -0.122. The average Bonchev–Trinajstić information content (AvgIpc) is 2.69. The summed E-state index contributed by atoms with van der Waals surface area (Å²) >= 11 is 0. The van der Waals surface area contributed by atoms with Crippen molar-refractivity contribution in [2.24, 2.45) is 10.9 Å². The molecule has 0 atom stereocenters. The van der Waals surface area contributed by atoms with Crippen molar-refractivity contribution >= 4 is 41.5 Å². The molecule has 2 aromatic carbocycles. The summed E-state index contributed by atoms with van der Waals surface area (Å²) < 4.78 is 5.41. The fraction of sp³-hybridized carbons (Fsp3) is 0.391. The van der Waals surface area contributed by atoms with Gasteiger partial charge in [0.25, 0.3) is 0 Å². The first-order valence-corrected chi connectivity index (χ1v) is 10.2. The number of hydrogen-bond donors (Lipinski definition) is 3. The standard InChI is InChI=1S/C23H30N4O2.HI/c1-3-24-23(26-16-19-9-4-5-13-21(19)29-2)25-15-17-8-6-12-20(14-17)27-22(28)18-10-7-11-18;/h4-6,8-9,12-14,18H,3,7,10-11,15-16H2,1-2H3,(H,27,28)(H2,24,25,26);1H. The van der Waals surface area contributed by atoms with Crippen LogP contribution in [0.15, 0.2) is 53.5 Å². The number of methoxy groups -OCH3 is 1. The third-order valence-corrected chi connectivity index (χ3v) is 5.07. The number of halogens is 1. The van der Waals surface area contributed by atoms with Crippen LogP contribution < -0.4 is 20.7 Å². The van der Waals surface area contributed by atoms with E-state index in [9.17, 15) is 4.79 Å². The third kappa shape index (κ3) is 6.90. The van der Waals surface area contributed by atoms with E-state index in [2.05, 4.69) is 20.9 Å². The van der Waals surface area contributed by atoms with E-state index in [0.717, 1.165) is 54.3 Å². The van der Waals surface area contributed by atoms with Gasteiger partial charge in [-0.05, 0) is 43.5 Å². The highest BCUT2D eigenvalue weighted by molar-refractivity contribution is 14.0. The molecule has 0 radical (unpaired) electrons. The third-order valence-electron chi connectivity index (χ3n) is 5.07. The topological polar surface area (TPSA) is 74.8 Å². The van der Waals surface area contributed by atoms with Gasteiger partial charge in [-0.2, -0.15) is 0 Å². The summed E-state index contributed by atoms with van der Waals surface area (Å²) in [5, 5.41) is 9.64. The van der Waals surface area contributed by atoms with E-state index < -0.39 is 0 Å². The summed E-state index contributed by atoms with van der Waals surface area (Å²) in [6.45, 7) is 3.95. The van der Waals surface area contributed by atoms with Gasteiger partial charge in [-0.15, -0.1) is 24.0 Å². The Morgan fingerprint density at radius 2 is 1.93 bits per heavy atom. The van der Waals surface area contributed by atoms with Crippen molar-refractivity contribution in [2.45, 2.75) is 39.3 Å². The molecule has 7 heteroatoms. The van der Waals surface area contributed by atoms with Crippen LogP contribution in [0.2, 0.25) is 0 Å². The number of carbonyl (C=O) groups excluding carboxylic acids is 1. The number of guanidine groups is 1. The Bertz CT molecular complexity index is 853. The van der Waals surface area contributed by atoms with E-state index in [-0.39, 0.29) is 35.8 Å². The number of hydrogen-bond acceptors (Lipinski definition) is 3. The van der Waals surface area contributed by atoms with Gasteiger partial charge in [0.1, 0.15) is 5.75 Å². The molecule has 1 aliphatic rings. The van der Waals surface area contributed by atoms with Crippen molar-refractivity contribution in [1.82, 2.24) is 10.6 Å². The first-order valence-electron chi connectivity index (χ1n) is 10.2. The van der Waals surface area contributed by atoms with Crippen molar-refractivity contribution in [3.05, 3.63) is 59.7 Å². The number of amides is 1. The molecule has 1 fully saturated rings. The molecule has 0 aliphatic heterocycles. The zero-order chi connectivity index (χ0) is 20.5. The maximum Gasteiger partial charge on any atom is 0.227 e. The van der Waals surface area contributed by atoms with Crippen molar-refractivity contribution in [1.29, 1.82) is 0 Å². The van der Waals surface area contributed by atoms with Crippen molar-refractivity contribution < 1.29 is 9.53 Å². The van der Waals surface area contributed by atoms with Gasteiger partial charge in [0.2, 0.25) is 5.91 Å². The van der Waals surface area contributed by atoms with Gasteiger partial charge in [0.05, 0.1) is 13.7 Å². The number of aliphatic imine (C=N–C) groups is 1. The molecule has 1 aliphatic carbocycles. The normalized spacial score (nSPS) is 13.6. The molecule has 0 heterocycles. The number of rotatable bonds is 8. The Kier molecular flexibility index (Phi) is 9.93. The maximum absolute atomic E-state index is 12.2. The number of para-hydroxylation sites is 1. The fourth-order valence-electron chi connectivity index (χ4n) is 3.20. The van der Waals surface area contributed by atoms with Crippen LogP contribution in [0.5, 0.6) is 5.75 Å². The van der Waals surface area contributed by atoms with Crippen LogP contribution in [0, 0.1) is 5.92 Å². The number of ether oxygens (including phenoxy) is 1. The summed E-state index contributed by atoms with van der Waals surface area (Å²) in [5.74, 6) is 1.90. The minimum absolute atomic E-state index is 0. The van der Waals surface area contributed by atoms with E-state index in [1.807, 2.05) is 55.5 Å². The number of carbonyl (C=O) groups is 1. The Morgan fingerprint density at radius 3 is 2.63 bits per heavy atom. The largest absolute Gasteiger partial charge is 0.496 e. The second kappa shape index (κ2) is 12.4. The second-order valence-electron chi connectivity index (χ2n) is 7.18.